The molecule has 0 aliphatic heterocycles. The number of nitrogens with one attached hydrogen (secondary N) is 1. The molecule has 3 unspecified atom stereocenters. The van der Waals surface area contributed by atoms with Crippen molar-refractivity contribution in [2.75, 3.05) is 13.2 Å². The number of hydrogen-bond acceptors (Lipinski definition) is 5. The van der Waals surface area contributed by atoms with Crippen molar-refractivity contribution >= 4 is 19.2 Å². The van der Waals surface area contributed by atoms with E-state index in [0.717, 1.165) is 0 Å². The first-order chi connectivity index (χ1) is 11.5. The summed E-state index contributed by atoms with van der Waals surface area (Å²) in [6, 6.07) is 7.26. The largest absolute Gasteiger partial charge is 0.481 e. The van der Waals surface area contributed by atoms with E-state index < -0.39 is 43.5 Å². The average Bonchev–Trinajstić information content (AvgIpc) is 2.56. The molecule has 0 fully saturated rings. The van der Waals surface area contributed by atoms with Crippen molar-refractivity contribution in [1.29, 1.82) is 0 Å². The van der Waals surface area contributed by atoms with Gasteiger partial charge in [-0.1, -0.05) is 37.3 Å². The Balaban J connectivity index is 2.91. The second-order valence-electron chi connectivity index (χ2n) is 6.12. The number of benzene rings is 1. The third-order valence-corrected chi connectivity index (χ3v) is 6.63. The molecule has 0 bridgehead atoms. The van der Waals surface area contributed by atoms with Crippen LogP contribution in [-0.4, -0.2) is 50.6 Å². The standard InChI is InChI=1S/C16H25N2O6P/c1-4-16(2,25(3,23)24)17-11-14(19)18(22)13(10-15(20)21)12-8-6-5-7-9-12/h5-9,13,17,22H,4,10-11H2,1-3H3,(H,20,21)(H,23,24). The highest BCUT2D eigenvalue weighted by atomic mass is 31.2. The van der Waals surface area contributed by atoms with Gasteiger partial charge in [0.2, 0.25) is 7.37 Å². The Bertz CT molecular complexity index is 647. The summed E-state index contributed by atoms with van der Waals surface area (Å²) in [4.78, 5) is 33.2. The molecule has 1 aromatic rings. The fourth-order valence-corrected chi connectivity index (χ4v) is 3.23. The van der Waals surface area contributed by atoms with Crippen LogP contribution in [-0.2, 0) is 14.2 Å². The number of amides is 1. The van der Waals surface area contributed by atoms with Crippen molar-refractivity contribution in [2.24, 2.45) is 0 Å². The lowest BCUT2D eigenvalue weighted by Gasteiger charge is -2.33. The number of rotatable bonds is 9. The molecule has 0 saturated heterocycles. The molecule has 0 aliphatic rings. The summed E-state index contributed by atoms with van der Waals surface area (Å²) >= 11 is 0. The van der Waals surface area contributed by atoms with Gasteiger partial charge in [0.15, 0.2) is 0 Å². The van der Waals surface area contributed by atoms with E-state index in [0.29, 0.717) is 17.0 Å². The van der Waals surface area contributed by atoms with Gasteiger partial charge >= 0.3 is 5.97 Å². The molecule has 0 radical (unpaired) electrons. The van der Waals surface area contributed by atoms with E-state index in [1.165, 1.54) is 13.6 Å². The molecular formula is C16H25N2O6P. The number of nitrogens with zero attached hydrogens (tertiary/aromatic N) is 1. The van der Waals surface area contributed by atoms with Crippen LogP contribution in [0.2, 0.25) is 0 Å². The van der Waals surface area contributed by atoms with E-state index in [4.69, 9.17) is 5.11 Å². The highest BCUT2D eigenvalue weighted by Gasteiger charge is 2.38. The Labute approximate surface area is 146 Å². The van der Waals surface area contributed by atoms with Crippen LogP contribution in [0.15, 0.2) is 30.3 Å². The lowest BCUT2D eigenvalue weighted by molar-refractivity contribution is -0.178. The Hall–Kier alpha value is -1.73. The van der Waals surface area contributed by atoms with Gasteiger partial charge in [0.05, 0.1) is 24.3 Å². The molecular weight excluding hydrogens is 347 g/mol. The third-order valence-electron chi connectivity index (χ3n) is 4.33. The summed E-state index contributed by atoms with van der Waals surface area (Å²) in [6.07, 6.45) is -0.170. The number of hydrogen-bond donors (Lipinski definition) is 4. The minimum Gasteiger partial charge on any atom is -0.481 e. The van der Waals surface area contributed by atoms with E-state index in [2.05, 4.69) is 5.32 Å². The maximum absolute atomic E-state index is 12.3. The molecule has 0 spiro atoms. The SMILES string of the molecule is CCC(C)(NCC(=O)N(O)C(CC(=O)O)c1ccccc1)P(C)(=O)O. The van der Waals surface area contributed by atoms with Crippen molar-refractivity contribution in [3.8, 4) is 0 Å². The van der Waals surface area contributed by atoms with Crippen LogP contribution in [0.4, 0.5) is 0 Å². The fourth-order valence-electron chi connectivity index (χ4n) is 2.27. The number of carboxylic acid groups (broad SMARTS) is 1. The van der Waals surface area contributed by atoms with Crippen LogP contribution in [0, 0.1) is 0 Å². The molecule has 0 saturated carbocycles. The number of carboxylic acids is 1. The number of hydroxylamine groups is 2. The highest BCUT2D eigenvalue weighted by Crippen LogP contribution is 2.50. The highest BCUT2D eigenvalue weighted by molar-refractivity contribution is 7.58. The van der Waals surface area contributed by atoms with Crippen molar-refractivity contribution in [3.63, 3.8) is 0 Å². The number of aliphatic carboxylic acids is 1. The van der Waals surface area contributed by atoms with Gasteiger partial charge in [-0.2, -0.15) is 0 Å². The maximum atomic E-state index is 12.3. The van der Waals surface area contributed by atoms with Crippen LogP contribution < -0.4 is 5.32 Å². The number of carbonyl (C=O) groups is 2. The second-order valence-corrected chi connectivity index (χ2v) is 8.87. The lowest BCUT2D eigenvalue weighted by atomic mass is 10.0. The van der Waals surface area contributed by atoms with Gasteiger partial charge in [-0.3, -0.25) is 24.7 Å². The topological polar surface area (TPSA) is 127 Å². The normalized spacial score (nSPS) is 17.2. The summed E-state index contributed by atoms with van der Waals surface area (Å²) in [6.45, 7) is 4.02. The van der Waals surface area contributed by atoms with Gasteiger partial charge in [0.1, 0.15) is 0 Å². The smallest absolute Gasteiger partial charge is 0.305 e. The maximum Gasteiger partial charge on any atom is 0.305 e. The molecule has 9 heteroatoms. The van der Waals surface area contributed by atoms with Crippen LogP contribution in [0.1, 0.15) is 38.3 Å². The molecule has 1 aromatic carbocycles. The molecule has 0 aliphatic carbocycles. The molecule has 4 N–H and O–H groups in total. The second kappa shape index (κ2) is 8.58. The molecule has 3 atom stereocenters. The van der Waals surface area contributed by atoms with E-state index in [1.807, 2.05) is 0 Å². The van der Waals surface area contributed by atoms with Crippen molar-refractivity contribution < 1.29 is 29.4 Å². The average molecular weight is 372 g/mol. The summed E-state index contributed by atoms with van der Waals surface area (Å²) in [5.41, 5.74) is 0.474. The molecule has 1 amide bonds. The zero-order valence-corrected chi connectivity index (χ0v) is 15.4. The first-order valence-electron chi connectivity index (χ1n) is 7.85. The van der Waals surface area contributed by atoms with Gasteiger partial charge in [-0.05, 0) is 18.9 Å². The first-order valence-corrected chi connectivity index (χ1v) is 9.95. The summed E-state index contributed by atoms with van der Waals surface area (Å²) in [5.74, 6) is -1.95. The third kappa shape index (κ3) is 5.64. The Morgan fingerprint density at radius 2 is 1.88 bits per heavy atom. The summed E-state index contributed by atoms with van der Waals surface area (Å²) in [7, 11) is -3.54. The molecule has 140 valence electrons. The van der Waals surface area contributed by atoms with E-state index in [9.17, 15) is 24.3 Å². The Kier molecular flexibility index (Phi) is 7.31. The van der Waals surface area contributed by atoms with Gasteiger partial charge < -0.3 is 10.00 Å². The molecule has 0 aromatic heterocycles. The molecule has 0 heterocycles. The van der Waals surface area contributed by atoms with Crippen molar-refractivity contribution in [3.05, 3.63) is 35.9 Å². The predicted molar refractivity (Wildman–Crippen MR) is 92.5 cm³/mol. The fraction of sp³-hybridized carbons (Fsp3) is 0.500. The van der Waals surface area contributed by atoms with E-state index in [1.54, 1.807) is 37.3 Å². The van der Waals surface area contributed by atoms with Crippen LogP contribution in [0.3, 0.4) is 0 Å². The van der Waals surface area contributed by atoms with Gasteiger partial charge in [-0.25, -0.2) is 5.06 Å². The quantitative estimate of drug-likeness (QED) is 0.297. The zero-order chi connectivity index (χ0) is 19.3. The van der Waals surface area contributed by atoms with Crippen LogP contribution in [0.5, 0.6) is 0 Å². The lowest BCUT2D eigenvalue weighted by Crippen LogP contribution is -2.47. The van der Waals surface area contributed by atoms with Crippen molar-refractivity contribution in [1.82, 2.24) is 10.4 Å². The Morgan fingerprint density at radius 1 is 1.32 bits per heavy atom. The van der Waals surface area contributed by atoms with E-state index in [-0.39, 0.29) is 0 Å². The predicted octanol–water partition coefficient (Wildman–Crippen LogP) is 2.04. The zero-order valence-electron chi connectivity index (χ0n) is 14.5. The molecule has 25 heavy (non-hydrogen) atoms. The Morgan fingerprint density at radius 3 is 2.32 bits per heavy atom. The summed E-state index contributed by atoms with van der Waals surface area (Å²) in [5, 5.41) is 21.1. The monoisotopic (exact) mass is 372 g/mol. The summed E-state index contributed by atoms with van der Waals surface area (Å²) < 4.78 is 12.0. The van der Waals surface area contributed by atoms with Gasteiger partial charge in [-0.15, -0.1) is 0 Å². The first kappa shape index (κ1) is 21.3. The number of carbonyl (C=O) groups excluding carboxylic acids is 1. The van der Waals surface area contributed by atoms with Gasteiger partial charge in [0.25, 0.3) is 5.91 Å². The van der Waals surface area contributed by atoms with Crippen LogP contribution in [0.25, 0.3) is 0 Å². The van der Waals surface area contributed by atoms with Crippen LogP contribution >= 0.6 is 7.37 Å². The van der Waals surface area contributed by atoms with Crippen molar-refractivity contribution in [2.45, 2.75) is 38.0 Å². The minimum atomic E-state index is -3.54. The van der Waals surface area contributed by atoms with E-state index >= 15 is 0 Å². The molecule has 8 nitrogen and oxygen atoms in total. The van der Waals surface area contributed by atoms with Gasteiger partial charge in [0, 0.05) is 6.66 Å². The molecule has 1 rings (SSSR count). The minimum absolute atomic E-state index is 0.299.